The number of hydrogen-bond donors (Lipinski definition) is 5. The smallest absolute Gasteiger partial charge is 0.0443 e. The van der Waals surface area contributed by atoms with Crippen molar-refractivity contribution in [2.45, 2.75) is 198 Å². The second-order valence-electron chi connectivity index (χ2n) is 18.1. The largest absolute Gasteiger partial charge is 0.396 e. The van der Waals surface area contributed by atoms with Crippen LogP contribution in [0.5, 0.6) is 0 Å². The molecule has 3 heterocycles. The molecule has 3 rings (SSSR count). The summed E-state index contributed by atoms with van der Waals surface area (Å²) in [5.41, 5.74) is 8.28. The molecule has 0 radical (unpaired) electrons. The van der Waals surface area contributed by atoms with Gasteiger partial charge in [-0.15, -0.1) is 0 Å². The topological polar surface area (TPSA) is 115 Å². The lowest BCUT2D eigenvalue weighted by molar-refractivity contribution is 0.198. The number of allylic oxidation sites excluding steroid dienone is 3. The van der Waals surface area contributed by atoms with E-state index in [2.05, 4.69) is 167 Å². The highest BCUT2D eigenvalue weighted by Gasteiger charge is 2.32. The Morgan fingerprint density at radius 2 is 1.13 bits per heavy atom. The fraction of sp³-hybridized carbons (Fsp3) is 0.923. The Hall–Kier alpha value is -0.920. The van der Waals surface area contributed by atoms with E-state index in [1.165, 1.54) is 114 Å². The molecule has 6 N–H and O–H groups in total. The van der Waals surface area contributed by atoms with Crippen molar-refractivity contribution in [1.29, 1.82) is 0 Å². The summed E-state index contributed by atoms with van der Waals surface area (Å²) in [6.45, 7) is 39.2. The maximum atomic E-state index is 8.38. The Balaban J connectivity index is -0.000000145. The molecule has 10 nitrogen and oxygen atoms in total. The Morgan fingerprint density at radius 1 is 0.694 bits per heavy atom. The molecule has 380 valence electrons. The van der Waals surface area contributed by atoms with Crippen LogP contribution in [0.3, 0.4) is 0 Å². The number of aliphatic hydroxyl groups excluding tert-OH is 3. The highest BCUT2D eigenvalue weighted by Crippen LogP contribution is 2.31. The third-order valence-corrected chi connectivity index (χ3v) is 11.1. The molecule has 0 saturated carbocycles. The van der Waals surface area contributed by atoms with Crippen LogP contribution in [0.25, 0.3) is 0 Å². The molecule has 3 saturated heterocycles. The van der Waals surface area contributed by atoms with Crippen LogP contribution in [0.2, 0.25) is 0 Å². The van der Waals surface area contributed by atoms with E-state index in [1.54, 1.807) is 0 Å². The molecule has 10 heteroatoms. The molecule has 0 aromatic heterocycles. The minimum atomic E-state index is 0.219. The molecule has 3 aliphatic heterocycles. The van der Waals surface area contributed by atoms with Crippen molar-refractivity contribution >= 4 is 0 Å². The van der Waals surface area contributed by atoms with E-state index in [4.69, 9.17) is 21.1 Å². The SMILES string of the molecule is CC(C)=CCC1(C)CCCN1C.CC1CCCN1C.CC1CCCN1C.CCC.CCC=C(C)C.CCCCN(C)CC.CCN(C)CCCO.CNCCCO.NCCCO. The average molecular weight is 891 g/mol. The van der Waals surface area contributed by atoms with Crippen LogP contribution < -0.4 is 11.1 Å². The highest BCUT2D eigenvalue weighted by atomic mass is 16.3. The predicted octanol–water partition coefficient (Wildman–Crippen LogP) is 9.78. The monoisotopic (exact) mass is 890 g/mol. The van der Waals surface area contributed by atoms with Gasteiger partial charge in [0.2, 0.25) is 0 Å². The minimum absolute atomic E-state index is 0.219. The summed E-state index contributed by atoms with van der Waals surface area (Å²) < 4.78 is 0. The maximum Gasteiger partial charge on any atom is 0.0443 e. The van der Waals surface area contributed by atoms with Gasteiger partial charge in [-0.1, -0.05) is 77.7 Å². The summed E-state index contributed by atoms with van der Waals surface area (Å²) in [5, 5.41) is 27.4. The third-order valence-electron chi connectivity index (χ3n) is 11.1. The molecule has 0 aliphatic carbocycles. The molecule has 3 aliphatic rings. The first kappa shape index (κ1) is 72.7. The third kappa shape index (κ3) is 59.1. The summed E-state index contributed by atoms with van der Waals surface area (Å²) in [7, 11) is 12.7. The summed E-state index contributed by atoms with van der Waals surface area (Å²) in [4.78, 5) is 11.8. The predicted molar refractivity (Wildman–Crippen MR) is 282 cm³/mol. The van der Waals surface area contributed by atoms with Gasteiger partial charge in [-0.05, 0) is 227 Å². The van der Waals surface area contributed by atoms with E-state index in [-0.39, 0.29) is 6.61 Å². The van der Waals surface area contributed by atoms with Gasteiger partial charge in [0.25, 0.3) is 0 Å². The second kappa shape index (κ2) is 56.2. The van der Waals surface area contributed by atoms with Crippen LogP contribution in [-0.4, -0.2) is 178 Å². The number of aliphatic hydroxyl groups is 3. The lowest BCUT2D eigenvalue weighted by Crippen LogP contribution is -2.37. The highest BCUT2D eigenvalue weighted by molar-refractivity contribution is 5.02. The van der Waals surface area contributed by atoms with Gasteiger partial charge in [0.05, 0.1) is 0 Å². The molecule has 0 aromatic carbocycles. The summed E-state index contributed by atoms with van der Waals surface area (Å²) in [6, 6.07) is 1.69. The van der Waals surface area contributed by atoms with E-state index in [0.717, 1.165) is 51.0 Å². The minimum Gasteiger partial charge on any atom is -0.396 e. The average Bonchev–Trinajstić information content (AvgIpc) is 3.93. The van der Waals surface area contributed by atoms with E-state index in [0.29, 0.717) is 25.3 Å². The van der Waals surface area contributed by atoms with Crippen LogP contribution in [0, 0.1) is 0 Å². The van der Waals surface area contributed by atoms with E-state index >= 15 is 0 Å². The van der Waals surface area contributed by atoms with Gasteiger partial charge in [0.1, 0.15) is 0 Å². The first-order valence-electron chi connectivity index (χ1n) is 25.2. The summed E-state index contributed by atoms with van der Waals surface area (Å²) in [6.07, 6.45) is 21.6. The lowest BCUT2D eigenvalue weighted by Gasteiger charge is -2.31. The summed E-state index contributed by atoms with van der Waals surface area (Å²) in [5.74, 6) is 0. The number of nitrogens with one attached hydrogen (secondary N) is 1. The number of nitrogens with two attached hydrogens (primary N) is 1. The summed E-state index contributed by atoms with van der Waals surface area (Å²) >= 11 is 0. The van der Waals surface area contributed by atoms with Gasteiger partial charge in [-0.2, -0.15) is 0 Å². The molecule has 3 fully saturated rings. The Labute approximate surface area is 391 Å². The Kier molecular flexibility index (Phi) is 65.9. The van der Waals surface area contributed by atoms with Crippen LogP contribution in [0.1, 0.15) is 180 Å². The first-order chi connectivity index (χ1) is 29.3. The van der Waals surface area contributed by atoms with Crippen LogP contribution in [0.15, 0.2) is 23.3 Å². The normalized spacial score (nSPS) is 19.0. The van der Waals surface area contributed by atoms with Gasteiger partial charge < -0.3 is 50.9 Å². The van der Waals surface area contributed by atoms with Gasteiger partial charge in [0.15, 0.2) is 0 Å². The zero-order valence-electron chi connectivity index (χ0n) is 45.8. The lowest BCUT2D eigenvalue weighted by atomic mass is 9.94. The number of unbranched alkanes of at least 4 members (excludes halogenated alkanes) is 1. The zero-order valence-corrected chi connectivity index (χ0v) is 45.8. The quantitative estimate of drug-likeness (QED) is 0.0759. The molecule has 3 atom stereocenters. The molecular formula is C52H119N7O3. The van der Waals surface area contributed by atoms with Crippen LogP contribution >= 0.6 is 0 Å². The Morgan fingerprint density at radius 3 is 1.32 bits per heavy atom. The molecule has 3 unspecified atom stereocenters. The second-order valence-corrected chi connectivity index (χ2v) is 18.1. The molecule has 0 bridgehead atoms. The molecule has 0 spiro atoms. The fourth-order valence-electron chi connectivity index (χ4n) is 5.83. The van der Waals surface area contributed by atoms with Crippen LogP contribution in [-0.2, 0) is 0 Å². The number of likely N-dealkylation sites (tertiary alicyclic amines) is 3. The fourth-order valence-corrected chi connectivity index (χ4v) is 5.83. The first-order valence-corrected chi connectivity index (χ1v) is 25.2. The van der Waals surface area contributed by atoms with Crippen molar-refractivity contribution in [1.82, 2.24) is 29.8 Å². The van der Waals surface area contributed by atoms with Gasteiger partial charge in [-0.3, -0.25) is 0 Å². The van der Waals surface area contributed by atoms with Crippen LogP contribution in [0.4, 0.5) is 0 Å². The number of hydrogen-bond acceptors (Lipinski definition) is 10. The van der Waals surface area contributed by atoms with Gasteiger partial charge in [-0.25, -0.2) is 0 Å². The standard InChI is InChI=1S/C11H21N.C7H17N.C6H15NO.2C6H13N.C6H12.C4H11NO.C3H9NO.C3H8/c1-10(2)6-8-11(3)7-5-9-12(11)4;1-4-6-7-8(3)5-2;1-3-7(2)5-4-6-8;2*1-6-4-3-5-7(6)2;1-4-5-6(2)3;1-5-3-2-4-6;4-2-1-3-5;1-3-2/h6H,5,7-9H2,1-4H3;4-7H2,1-3H3;8H,3-6H2,1-2H3;2*6H,3-5H2,1-2H3;5H,4H2,1-3H3;5-6H,2-4H2,1H3;5H,1-4H2;3H2,1-2H3. The van der Waals surface area contributed by atoms with Gasteiger partial charge in [0, 0.05) is 37.4 Å². The molecule has 0 amide bonds. The van der Waals surface area contributed by atoms with E-state index in [1.807, 2.05) is 7.05 Å². The number of nitrogens with zero attached hydrogens (tertiary/aromatic N) is 5. The zero-order chi connectivity index (χ0) is 49.2. The molecule has 0 aromatic rings. The van der Waals surface area contributed by atoms with Crippen molar-refractivity contribution in [2.24, 2.45) is 5.73 Å². The van der Waals surface area contributed by atoms with Gasteiger partial charge >= 0.3 is 0 Å². The molecule has 62 heavy (non-hydrogen) atoms. The maximum absolute atomic E-state index is 8.38. The van der Waals surface area contributed by atoms with E-state index in [9.17, 15) is 0 Å². The number of rotatable bonds is 16. The van der Waals surface area contributed by atoms with Crippen molar-refractivity contribution in [2.75, 3.05) is 121 Å². The van der Waals surface area contributed by atoms with Crippen molar-refractivity contribution in [3.05, 3.63) is 23.3 Å². The molecular weight excluding hydrogens is 771 g/mol. The Bertz CT molecular complexity index is 832. The van der Waals surface area contributed by atoms with Crippen molar-refractivity contribution in [3.63, 3.8) is 0 Å². The van der Waals surface area contributed by atoms with E-state index < -0.39 is 0 Å². The van der Waals surface area contributed by atoms with Crippen molar-refractivity contribution < 1.29 is 15.3 Å². The van der Waals surface area contributed by atoms with Crippen molar-refractivity contribution in [3.8, 4) is 0 Å².